The van der Waals surface area contributed by atoms with Gasteiger partial charge in [0.25, 0.3) is 0 Å². The second kappa shape index (κ2) is 3.87. The summed E-state index contributed by atoms with van der Waals surface area (Å²) in [5.41, 5.74) is 0.841. The van der Waals surface area contributed by atoms with Crippen molar-refractivity contribution in [3.8, 4) is 0 Å². The zero-order valence-corrected chi connectivity index (χ0v) is 10.5. The van der Waals surface area contributed by atoms with Gasteiger partial charge in [-0.25, -0.2) is 4.98 Å². The molecule has 0 fully saturated rings. The molecule has 0 saturated carbocycles. The molecule has 0 unspecified atom stereocenters. The summed E-state index contributed by atoms with van der Waals surface area (Å²) >= 11 is 3.01. The Labute approximate surface area is 96.6 Å². The number of aromatic nitrogens is 1. The summed E-state index contributed by atoms with van der Waals surface area (Å²) < 4.78 is 0. The second-order valence-electron chi connectivity index (χ2n) is 3.39. The first-order valence-electron chi connectivity index (χ1n) is 4.63. The van der Waals surface area contributed by atoms with E-state index in [1.165, 1.54) is 22.7 Å². The molecular formula is C11H11NOS2. The molecule has 2 aromatic rings. The van der Waals surface area contributed by atoms with E-state index in [2.05, 4.69) is 4.98 Å². The van der Waals surface area contributed by atoms with Gasteiger partial charge in [0.1, 0.15) is 0 Å². The first-order chi connectivity index (χ1) is 7.08. The molecule has 0 radical (unpaired) electrons. The van der Waals surface area contributed by atoms with Gasteiger partial charge in [-0.3, -0.25) is 4.79 Å². The average Bonchev–Trinajstić information content (AvgIpc) is 2.71. The van der Waals surface area contributed by atoms with Gasteiger partial charge in [0.15, 0.2) is 0 Å². The predicted octanol–water partition coefficient (Wildman–Crippen LogP) is 3.36. The van der Waals surface area contributed by atoms with Crippen LogP contribution in [0, 0.1) is 20.8 Å². The van der Waals surface area contributed by atoms with Crippen molar-refractivity contribution in [1.82, 2.24) is 4.98 Å². The van der Waals surface area contributed by atoms with Crippen molar-refractivity contribution in [3.63, 3.8) is 0 Å². The van der Waals surface area contributed by atoms with Gasteiger partial charge < -0.3 is 0 Å². The van der Waals surface area contributed by atoms with Crippen molar-refractivity contribution in [2.75, 3.05) is 0 Å². The van der Waals surface area contributed by atoms with E-state index in [-0.39, 0.29) is 5.78 Å². The van der Waals surface area contributed by atoms with Crippen LogP contribution in [0.5, 0.6) is 0 Å². The Bertz CT molecular complexity index is 510. The minimum atomic E-state index is 0.108. The normalized spacial score (nSPS) is 10.6. The molecule has 0 aliphatic carbocycles. The van der Waals surface area contributed by atoms with E-state index in [4.69, 9.17) is 0 Å². The fraction of sp³-hybridized carbons (Fsp3) is 0.273. The smallest absolute Gasteiger partial charge is 0.214 e. The topological polar surface area (TPSA) is 30.0 Å². The van der Waals surface area contributed by atoms with Gasteiger partial charge in [0.2, 0.25) is 5.78 Å². The first-order valence-corrected chi connectivity index (χ1v) is 6.26. The van der Waals surface area contributed by atoms with Crippen molar-refractivity contribution in [3.05, 3.63) is 37.5 Å². The van der Waals surface area contributed by atoms with Crippen molar-refractivity contribution < 1.29 is 4.79 Å². The lowest BCUT2D eigenvalue weighted by Crippen LogP contribution is -1.97. The monoisotopic (exact) mass is 237 g/mol. The first kappa shape index (κ1) is 10.5. The van der Waals surface area contributed by atoms with Crippen LogP contribution in [0.1, 0.15) is 30.1 Å². The molecule has 0 N–H and O–H groups in total. The van der Waals surface area contributed by atoms with E-state index < -0.39 is 0 Å². The van der Waals surface area contributed by atoms with Crippen LogP contribution < -0.4 is 0 Å². The van der Waals surface area contributed by atoms with Gasteiger partial charge in [0.05, 0.1) is 20.5 Å². The number of hydrogen-bond acceptors (Lipinski definition) is 4. The van der Waals surface area contributed by atoms with Crippen LogP contribution in [-0.2, 0) is 0 Å². The fourth-order valence-corrected chi connectivity index (χ4v) is 3.16. The number of aryl methyl sites for hydroxylation is 3. The molecule has 2 rings (SSSR count). The molecular weight excluding hydrogens is 226 g/mol. The number of hydrogen-bond donors (Lipinski definition) is 0. The van der Waals surface area contributed by atoms with Gasteiger partial charge in [0, 0.05) is 4.88 Å². The molecule has 4 heteroatoms. The lowest BCUT2D eigenvalue weighted by molar-refractivity contribution is 0.104. The zero-order valence-electron chi connectivity index (χ0n) is 8.83. The Balaban J connectivity index is 2.40. The highest BCUT2D eigenvalue weighted by molar-refractivity contribution is 7.17. The highest BCUT2D eigenvalue weighted by Crippen LogP contribution is 2.24. The number of thiazole rings is 1. The van der Waals surface area contributed by atoms with Gasteiger partial charge in [-0.15, -0.1) is 22.7 Å². The number of nitrogens with zero attached hydrogens (tertiary/aromatic N) is 1. The molecule has 2 nitrogen and oxygen atoms in total. The molecule has 0 aromatic carbocycles. The van der Waals surface area contributed by atoms with E-state index in [0.717, 1.165) is 25.3 Å². The van der Waals surface area contributed by atoms with Crippen LogP contribution in [0.15, 0.2) is 12.1 Å². The lowest BCUT2D eigenvalue weighted by atomic mass is 10.2. The number of thiophene rings is 1. The van der Waals surface area contributed by atoms with Gasteiger partial charge in [-0.1, -0.05) is 0 Å². The minimum Gasteiger partial charge on any atom is -0.287 e. The predicted molar refractivity (Wildman–Crippen MR) is 64.1 cm³/mol. The molecule has 0 atom stereocenters. The van der Waals surface area contributed by atoms with Crippen molar-refractivity contribution in [1.29, 1.82) is 0 Å². The van der Waals surface area contributed by atoms with Crippen molar-refractivity contribution >= 4 is 28.5 Å². The van der Waals surface area contributed by atoms with Crippen LogP contribution in [0.25, 0.3) is 0 Å². The highest BCUT2D eigenvalue weighted by atomic mass is 32.1. The quantitative estimate of drug-likeness (QED) is 0.750. The molecule has 0 aliphatic rings. The molecule has 0 saturated heterocycles. The summed E-state index contributed by atoms with van der Waals surface area (Å²) in [6.45, 7) is 5.82. The third-order valence-corrected chi connectivity index (χ3v) is 4.14. The Kier molecular flexibility index (Phi) is 2.71. The summed E-state index contributed by atoms with van der Waals surface area (Å²) in [6.07, 6.45) is 0. The van der Waals surface area contributed by atoms with E-state index >= 15 is 0 Å². The summed E-state index contributed by atoms with van der Waals surface area (Å²) in [6, 6.07) is 3.86. The maximum Gasteiger partial charge on any atom is 0.214 e. The number of carbonyl (C=O) groups excluding carboxylic acids is 1. The minimum absolute atomic E-state index is 0.108. The van der Waals surface area contributed by atoms with E-state index in [9.17, 15) is 4.79 Å². The fourth-order valence-electron chi connectivity index (χ4n) is 1.41. The van der Waals surface area contributed by atoms with Crippen LogP contribution in [-0.4, -0.2) is 10.8 Å². The SMILES string of the molecule is Cc1ccc(C(=O)c2sc(C)nc2C)s1. The van der Waals surface area contributed by atoms with E-state index in [1.54, 1.807) is 0 Å². The molecule has 0 amide bonds. The standard InChI is InChI=1S/C11H11NOS2/c1-6-4-5-9(14-6)10(13)11-7(2)12-8(3)15-11/h4-5H,1-3H3. The van der Waals surface area contributed by atoms with E-state index in [1.807, 2.05) is 32.9 Å². The number of ketones is 1. The van der Waals surface area contributed by atoms with Crippen molar-refractivity contribution in [2.24, 2.45) is 0 Å². The van der Waals surface area contributed by atoms with Crippen LogP contribution >= 0.6 is 22.7 Å². The van der Waals surface area contributed by atoms with Gasteiger partial charge >= 0.3 is 0 Å². The van der Waals surface area contributed by atoms with Crippen LogP contribution in [0.3, 0.4) is 0 Å². The molecule has 0 aliphatic heterocycles. The largest absolute Gasteiger partial charge is 0.287 e. The molecule has 2 heterocycles. The van der Waals surface area contributed by atoms with Crippen molar-refractivity contribution in [2.45, 2.75) is 20.8 Å². The van der Waals surface area contributed by atoms with E-state index in [0.29, 0.717) is 0 Å². The summed E-state index contributed by atoms with van der Waals surface area (Å²) in [5, 5.41) is 0.948. The van der Waals surface area contributed by atoms with Crippen LogP contribution in [0.4, 0.5) is 0 Å². The third kappa shape index (κ3) is 2.01. The lowest BCUT2D eigenvalue weighted by Gasteiger charge is -1.93. The number of rotatable bonds is 2. The highest BCUT2D eigenvalue weighted by Gasteiger charge is 2.16. The summed E-state index contributed by atoms with van der Waals surface area (Å²) in [7, 11) is 0. The van der Waals surface area contributed by atoms with Gasteiger partial charge in [-0.05, 0) is 32.9 Å². The molecule has 2 aromatic heterocycles. The second-order valence-corrected chi connectivity index (χ2v) is 5.88. The number of carbonyl (C=O) groups is 1. The Morgan fingerprint density at radius 3 is 2.40 bits per heavy atom. The van der Waals surface area contributed by atoms with Crippen LogP contribution in [0.2, 0.25) is 0 Å². The Morgan fingerprint density at radius 2 is 1.93 bits per heavy atom. The maximum atomic E-state index is 12.1. The summed E-state index contributed by atoms with van der Waals surface area (Å²) in [5.74, 6) is 0.108. The zero-order chi connectivity index (χ0) is 11.0. The third-order valence-electron chi connectivity index (χ3n) is 2.07. The van der Waals surface area contributed by atoms with Gasteiger partial charge in [-0.2, -0.15) is 0 Å². The molecule has 0 bridgehead atoms. The molecule has 78 valence electrons. The Morgan fingerprint density at radius 1 is 1.20 bits per heavy atom. The maximum absolute atomic E-state index is 12.1. The summed E-state index contributed by atoms with van der Waals surface area (Å²) in [4.78, 5) is 19.1. The molecule has 15 heavy (non-hydrogen) atoms. The Hall–Kier alpha value is -1.00. The average molecular weight is 237 g/mol. The molecule has 0 spiro atoms.